The first kappa shape index (κ1) is 19.5. The molecule has 0 unspecified atom stereocenters. The molecule has 2 aromatic carbocycles. The molecule has 2 aromatic rings. The van der Waals surface area contributed by atoms with Gasteiger partial charge in [-0.25, -0.2) is 13.1 Å². The lowest BCUT2D eigenvalue weighted by Gasteiger charge is -2.10. The molecule has 0 aliphatic heterocycles. The summed E-state index contributed by atoms with van der Waals surface area (Å²) in [7, 11) is -3.60. The molecule has 0 saturated heterocycles. The Bertz CT molecular complexity index is 957. The van der Waals surface area contributed by atoms with Crippen molar-refractivity contribution in [3.8, 4) is 0 Å². The van der Waals surface area contributed by atoms with Crippen LogP contribution in [0.5, 0.6) is 0 Å². The number of anilines is 1. The van der Waals surface area contributed by atoms with Crippen LogP contribution in [0.4, 0.5) is 5.69 Å². The molecule has 9 heteroatoms. The van der Waals surface area contributed by atoms with Crippen LogP contribution >= 0.6 is 15.9 Å². The number of nitrogens with one attached hydrogen (secondary N) is 3. The number of amides is 2. The largest absolute Gasteiger partial charge is 0.343 e. The Labute approximate surface area is 165 Å². The standard InChI is InChI=1S/C18H18BrN3O4S/c19-13-6-4-12(5-7-13)18(24)20-11-17(23)21-15-2-1-3-16(10-15)27(25,26)22-14-8-9-14/h1-7,10,14,22H,8-9,11H2,(H,20,24)(H,21,23). The van der Waals surface area contributed by atoms with Crippen LogP contribution < -0.4 is 15.4 Å². The van der Waals surface area contributed by atoms with Gasteiger partial charge < -0.3 is 10.6 Å². The highest BCUT2D eigenvalue weighted by Gasteiger charge is 2.28. The van der Waals surface area contributed by atoms with Crippen molar-refractivity contribution in [1.82, 2.24) is 10.0 Å². The summed E-state index contributed by atoms with van der Waals surface area (Å²) in [6.07, 6.45) is 1.68. The van der Waals surface area contributed by atoms with Crippen LogP contribution in [0, 0.1) is 0 Å². The lowest BCUT2D eigenvalue weighted by atomic mass is 10.2. The summed E-state index contributed by atoms with van der Waals surface area (Å²) >= 11 is 3.29. The molecule has 0 aromatic heterocycles. The van der Waals surface area contributed by atoms with E-state index in [-0.39, 0.29) is 23.4 Å². The number of carbonyl (C=O) groups is 2. The highest BCUT2D eigenvalue weighted by Crippen LogP contribution is 2.23. The summed E-state index contributed by atoms with van der Waals surface area (Å²) in [5.74, 6) is -0.826. The Morgan fingerprint density at radius 3 is 2.44 bits per heavy atom. The van der Waals surface area contributed by atoms with Gasteiger partial charge in [0.25, 0.3) is 5.91 Å². The fraction of sp³-hybridized carbons (Fsp3) is 0.222. The third-order valence-electron chi connectivity index (χ3n) is 3.84. The zero-order valence-corrected chi connectivity index (χ0v) is 16.6. The molecular formula is C18H18BrN3O4S. The van der Waals surface area contributed by atoms with Gasteiger partial charge in [-0.1, -0.05) is 22.0 Å². The molecule has 3 N–H and O–H groups in total. The number of rotatable bonds is 7. The maximum Gasteiger partial charge on any atom is 0.251 e. The highest BCUT2D eigenvalue weighted by molar-refractivity contribution is 9.10. The van der Waals surface area contributed by atoms with Crippen molar-refractivity contribution in [2.24, 2.45) is 0 Å². The van der Waals surface area contributed by atoms with Crippen molar-refractivity contribution in [2.45, 2.75) is 23.8 Å². The van der Waals surface area contributed by atoms with Gasteiger partial charge in [0.1, 0.15) is 0 Å². The van der Waals surface area contributed by atoms with Gasteiger partial charge in [-0.05, 0) is 55.3 Å². The molecule has 0 radical (unpaired) electrons. The summed E-state index contributed by atoms with van der Waals surface area (Å²) in [6, 6.07) is 12.7. The Balaban J connectivity index is 1.57. The van der Waals surface area contributed by atoms with E-state index in [0.29, 0.717) is 11.3 Å². The number of sulfonamides is 1. The van der Waals surface area contributed by atoms with Crippen LogP contribution in [-0.4, -0.2) is 32.8 Å². The zero-order valence-electron chi connectivity index (χ0n) is 14.2. The van der Waals surface area contributed by atoms with E-state index in [1.807, 2.05) is 0 Å². The van der Waals surface area contributed by atoms with E-state index in [0.717, 1.165) is 17.3 Å². The second kappa shape index (κ2) is 8.20. The smallest absolute Gasteiger partial charge is 0.251 e. The molecule has 0 atom stereocenters. The molecule has 7 nitrogen and oxygen atoms in total. The molecule has 0 heterocycles. The first-order chi connectivity index (χ1) is 12.8. The topological polar surface area (TPSA) is 104 Å². The van der Waals surface area contributed by atoms with Crippen molar-refractivity contribution in [2.75, 3.05) is 11.9 Å². The number of carbonyl (C=O) groups excluding carboxylic acids is 2. The summed E-state index contributed by atoms with van der Waals surface area (Å²) in [4.78, 5) is 24.2. The second-order valence-corrected chi connectivity index (χ2v) is 8.79. The molecule has 1 aliphatic carbocycles. The van der Waals surface area contributed by atoms with Crippen LogP contribution in [0.1, 0.15) is 23.2 Å². The van der Waals surface area contributed by atoms with Gasteiger partial charge in [0.15, 0.2) is 0 Å². The van der Waals surface area contributed by atoms with Crippen molar-refractivity contribution in [3.05, 3.63) is 58.6 Å². The third-order valence-corrected chi connectivity index (χ3v) is 5.89. The first-order valence-corrected chi connectivity index (χ1v) is 10.6. The van der Waals surface area contributed by atoms with Gasteiger partial charge in [-0.3, -0.25) is 9.59 Å². The summed E-state index contributed by atoms with van der Waals surface area (Å²) in [5.41, 5.74) is 0.779. The van der Waals surface area contributed by atoms with Gasteiger partial charge in [0.2, 0.25) is 15.9 Å². The zero-order chi connectivity index (χ0) is 19.4. The summed E-state index contributed by atoms with van der Waals surface area (Å²) < 4.78 is 27.9. The van der Waals surface area contributed by atoms with Crippen molar-refractivity contribution >= 4 is 43.5 Å². The van der Waals surface area contributed by atoms with Gasteiger partial charge in [-0.2, -0.15) is 0 Å². The Hall–Kier alpha value is -2.23. The van der Waals surface area contributed by atoms with Gasteiger partial charge in [-0.15, -0.1) is 0 Å². The molecule has 27 heavy (non-hydrogen) atoms. The molecular weight excluding hydrogens is 434 g/mol. The minimum absolute atomic E-state index is 0.00192. The summed E-state index contributed by atoms with van der Waals surface area (Å²) in [6.45, 7) is -0.230. The van der Waals surface area contributed by atoms with Gasteiger partial charge in [0, 0.05) is 21.8 Å². The van der Waals surface area contributed by atoms with Crippen LogP contribution in [0.15, 0.2) is 57.9 Å². The Morgan fingerprint density at radius 1 is 1.07 bits per heavy atom. The monoisotopic (exact) mass is 451 g/mol. The molecule has 1 fully saturated rings. The van der Waals surface area contributed by atoms with Crippen LogP contribution in [-0.2, 0) is 14.8 Å². The normalized spacial score (nSPS) is 13.8. The lowest BCUT2D eigenvalue weighted by Crippen LogP contribution is -2.32. The van der Waals surface area contributed by atoms with Crippen LogP contribution in [0.25, 0.3) is 0 Å². The average molecular weight is 452 g/mol. The van der Waals surface area contributed by atoms with E-state index >= 15 is 0 Å². The molecule has 142 valence electrons. The van der Waals surface area contributed by atoms with E-state index in [1.54, 1.807) is 36.4 Å². The lowest BCUT2D eigenvalue weighted by molar-refractivity contribution is -0.115. The van der Waals surface area contributed by atoms with E-state index in [1.165, 1.54) is 12.1 Å². The number of hydrogen-bond acceptors (Lipinski definition) is 4. The highest BCUT2D eigenvalue weighted by atomic mass is 79.9. The van der Waals surface area contributed by atoms with Gasteiger partial charge >= 0.3 is 0 Å². The fourth-order valence-corrected chi connectivity index (χ4v) is 3.91. The van der Waals surface area contributed by atoms with Crippen molar-refractivity contribution < 1.29 is 18.0 Å². The predicted molar refractivity (Wildman–Crippen MR) is 105 cm³/mol. The van der Waals surface area contributed by atoms with Crippen molar-refractivity contribution in [1.29, 1.82) is 0 Å². The number of hydrogen-bond donors (Lipinski definition) is 3. The number of halogens is 1. The third kappa shape index (κ3) is 5.62. The maximum atomic E-state index is 12.2. The molecule has 0 spiro atoms. The van der Waals surface area contributed by atoms with E-state index < -0.39 is 15.9 Å². The van der Waals surface area contributed by atoms with Gasteiger partial charge in [0.05, 0.1) is 11.4 Å². The minimum Gasteiger partial charge on any atom is -0.343 e. The molecule has 1 saturated carbocycles. The molecule has 2 amide bonds. The summed E-state index contributed by atoms with van der Waals surface area (Å²) in [5, 5.41) is 5.11. The first-order valence-electron chi connectivity index (χ1n) is 8.29. The predicted octanol–water partition coefficient (Wildman–Crippen LogP) is 2.26. The average Bonchev–Trinajstić information content (AvgIpc) is 3.44. The minimum atomic E-state index is -3.60. The van der Waals surface area contributed by atoms with Crippen molar-refractivity contribution in [3.63, 3.8) is 0 Å². The Morgan fingerprint density at radius 2 is 1.78 bits per heavy atom. The van der Waals surface area contributed by atoms with E-state index in [4.69, 9.17) is 0 Å². The maximum absolute atomic E-state index is 12.2. The van der Waals surface area contributed by atoms with E-state index in [9.17, 15) is 18.0 Å². The molecule has 0 bridgehead atoms. The van der Waals surface area contributed by atoms with Crippen LogP contribution in [0.2, 0.25) is 0 Å². The fourth-order valence-electron chi connectivity index (χ4n) is 2.30. The molecule has 3 rings (SSSR count). The molecule has 1 aliphatic rings. The quantitative estimate of drug-likeness (QED) is 0.600. The second-order valence-electron chi connectivity index (χ2n) is 6.16. The number of benzene rings is 2. The Kier molecular flexibility index (Phi) is 5.93. The van der Waals surface area contributed by atoms with E-state index in [2.05, 4.69) is 31.3 Å². The van der Waals surface area contributed by atoms with Crippen LogP contribution in [0.3, 0.4) is 0 Å². The SMILES string of the molecule is O=C(CNC(=O)c1ccc(Br)cc1)Nc1cccc(S(=O)(=O)NC2CC2)c1.